The van der Waals surface area contributed by atoms with E-state index in [-0.39, 0.29) is 0 Å². The van der Waals surface area contributed by atoms with Gasteiger partial charge in [-0.15, -0.1) is 0 Å². The molecule has 1 aromatic carbocycles. The average Bonchev–Trinajstić information content (AvgIpc) is 2.30. The van der Waals surface area contributed by atoms with Gasteiger partial charge in [-0.25, -0.2) is 9.97 Å². The Bertz CT molecular complexity index is 567. The average molecular weight is 320 g/mol. The number of nitrogens with zero attached hydrogens (tertiary/aromatic N) is 2. The highest BCUT2D eigenvalue weighted by atomic mass is 79.9. The smallest absolute Gasteiger partial charge is 0.135 e. The van der Waals surface area contributed by atoms with E-state index < -0.39 is 0 Å². The van der Waals surface area contributed by atoms with Gasteiger partial charge in [-0.2, -0.15) is 0 Å². The number of nitrogens with two attached hydrogens (primary N) is 1. The number of hydrogen-bond donors (Lipinski definition) is 1. The molecule has 1 heterocycles. The molecular formula is C15H18BrN3. The van der Waals surface area contributed by atoms with Gasteiger partial charge >= 0.3 is 0 Å². The first-order valence-electron chi connectivity index (χ1n) is 6.40. The summed E-state index contributed by atoms with van der Waals surface area (Å²) in [6, 6.07) is 9.97. The summed E-state index contributed by atoms with van der Waals surface area (Å²) in [6.07, 6.45) is 1.62. The van der Waals surface area contributed by atoms with Crippen LogP contribution in [0.1, 0.15) is 30.9 Å². The third kappa shape index (κ3) is 4.03. The van der Waals surface area contributed by atoms with E-state index in [9.17, 15) is 0 Å². The summed E-state index contributed by atoms with van der Waals surface area (Å²) in [5, 5.41) is 0. The van der Waals surface area contributed by atoms with Crippen molar-refractivity contribution >= 4 is 21.7 Å². The van der Waals surface area contributed by atoms with Crippen LogP contribution in [0.4, 0.5) is 5.82 Å². The molecule has 0 radical (unpaired) electrons. The van der Waals surface area contributed by atoms with Gasteiger partial charge in [-0.1, -0.05) is 48.0 Å². The first-order valence-corrected chi connectivity index (χ1v) is 7.19. The van der Waals surface area contributed by atoms with Gasteiger partial charge in [0.05, 0.1) is 0 Å². The Balaban J connectivity index is 2.25. The van der Waals surface area contributed by atoms with Crippen LogP contribution in [0.2, 0.25) is 0 Å². The van der Waals surface area contributed by atoms with E-state index >= 15 is 0 Å². The molecule has 1 aromatic heterocycles. The van der Waals surface area contributed by atoms with Gasteiger partial charge in [0, 0.05) is 22.7 Å². The van der Waals surface area contributed by atoms with Crippen molar-refractivity contribution in [3.8, 4) is 0 Å². The largest absolute Gasteiger partial charge is 0.384 e. The lowest BCUT2D eigenvalue weighted by molar-refractivity contribution is 0.631. The number of hydrogen-bond acceptors (Lipinski definition) is 3. The van der Waals surface area contributed by atoms with Gasteiger partial charge in [-0.05, 0) is 24.0 Å². The van der Waals surface area contributed by atoms with E-state index in [1.54, 1.807) is 0 Å². The SMILES string of the molecule is CC(C)Cc1cc(N)nc(Cc2ccccc2Br)n1. The van der Waals surface area contributed by atoms with Gasteiger partial charge in [0.25, 0.3) is 0 Å². The minimum absolute atomic E-state index is 0.549. The van der Waals surface area contributed by atoms with Crippen molar-refractivity contribution < 1.29 is 0 Å². The summed E-state index contributed by atoms with van der Waals surface area (Å²) in [7, 11) is 0. The molecule has 19 heavy (non-hydrogen) atoms. The molecule has 4 heteroatoms. The molecule has 0 aliphatic heterocycles. The van der Waals surface area contributed by atoms with Gasteiger partial charge in [-0.3, -0.25) is 0 Å². The second-order valence-electron chi connectivity index (χ2n) is 5.07. The first kappa shape index (κ1) is 14.0. The molecular weight excluding hydrogens is 302 g/mol. The number of aromatic nitrogens is 2. The van der Waals surface area contributed by atoms with Crippen LogP contribution in [0.15, 0.2) is 34.8 Å². The van der Waals surface area contributed by atoms with E-state index in [0.717, 1.165) is 22.4 Å². The Hall–Kier alpha value is -1.42. The number of anilines is 1. The monoisotopic (exact) mass is 319 g/mol. The van der Waals surface area contributed by atoms with Gasteiger partial charge < -0.3 is 5.73 Å². The van der Waals surface area contributed by atoms with Crippen molar-refractivity contribution in [2.75, 3.05) is 5.73 Å². The molecule has 0 spiro atoms. The lowest BCUT2D eigenvalue weighted by Gasteiger charge is -2.08. The van der Waals surface area contributed by atoms with Crippen LogP contribution >= 0.6 is 15.9 Å². The van der Waals surface area contributed by atoms with Crippen molar-refractivity contribution in [3.63, 3.8) is 0 Å². The Morgan fingerprint density at radius 1 is 1.21 bits per heavy atom. The van der Waals surface area contributed by atoms with Gasteiger partial charge in [0.15, 0.2) is 0 Å². The summed E-state index contributed by atoms with van der Waals surface area (Å²) >= 11 is 3.54. The van der Waals surface area contributed by atoms with E-state index in [1.807, 2.05) is 24.3 Å². The molecule has 0 fully saturated rings. The zero-order valence-electron chi connectivity index (χ0n) is 11.2. The summed E-state index contributed by atoms with van der Waals surface area (Å²) in [5.74, 6) is 1.89. The molecule has 2 N–H and O–H groups in total. The number of rotatable bonds is 4. The Kier molecular flexibility index (Phi) is 4.53. The standard InChI is InChI=1S/C15H18BrN3/c1-10(2)7-12-9-14(17)19-15(18-12)8-11-5-3-4-6-13(11)16/h3-6,9-10H,7-8H2,1-2H3,(H2,17,18,19). The molecule has 0 saturated heterocycles. The highest BCUT2D eigenvalue weighted by molar-refractivity contribution is 9.10. The summed E-state index contributed by atoms with van der Waals surface area (Å²) in [6.45, 7) is 4.34. The maximum Gasteiger partial charge on any atom is 0.135 e. The van der Waals surface area contributed by atoms with Crippen LogP contribution in [0.25, 0.3) is 0 Å². The number of nitrogen functional groups attached to an aromatic ring is 1. The van der Waals surface area contributed by atoms with Gasteiger partial charge in [0.1, 0.15) is 11.6 Å². The molecule has 0 aliphatic rings. The zero-order chi connectivity index (χ0) is 13.8. The van der Waals surface area contributed by atoms with E-state index in [1.165, 1.54) is 5.56 Å². The van der Waals surface area contributed by atoms with Crippen LogP contribution in [0, 0.1) is 5.92 Å². The van der Waals surface area contributed by atoms with Crippen LogP contribution in [-0.4, -0.2) is 9.97 Å². The third-order valence-corrected chi connectivity index (χ3v) is 3.54. The fraction of sp³-hybridized carbons (Fsp3) is 0.333. The van der Waals surface area contributed by atoms with Crippen molar-refractivity contribution in [1.29, 1.82) is 0 Å². The molecule has 0 bridgehead atoms. The molecule has 0 saturated carbocycles. The fourth-order valence-electron chi connectivity index (χ4n) is 1.99. The maximum absolute atomic E-state index is 5.86. The number of benzene rings is 1. The van der Waals surface area contributed by atoms with Crippen molar-refractivity contribution in [2.24, 2.45) is 5.92 Å². The molecule has 0 unspecified atom stereocenters. The van der Waals surface area contributed by atoms with Crippen LogP contribution in [-0.2, 0) is 12.8 Å². The van der Waals surface area contributed by atoms with Crippen LogP contribution < -0.4 is 5.73 Å². The molecule has 2 rings (SSSR count). The van der Waals surface area contributed by atoms with Crippen molar-refractivity contribution in [1.82, 2.24) is 9.97 Å². The van der Waals surface area contributed by atoms with Crippen molar-refractivity contribution in [2.45, 2.75) is 26.7 Å². The molecule has 100 valence electrons. The minimum Gasteiger partial charge on any atom is -0.384 e. The Morgan fingerprint density at radius 2 is 1.95 bits per heavy atom. The minimum atomic E-state index is 0.549. The maximum atomic E-state index is 5.86. The first-order chi connectivity index (χ1) is 9.04. The normalized spacial score (nSPS) is 10.9. The molecule has 0 amide bonds. The van der Waals surface area contributed by atoms with E-state index in [0.29, 0.717) is 18.2 Å². The van der Waals surface area contributed by atoms with Crippen LogP contribution in [0.5, 0.6) is 0 Å². The Morgan fingerprint density at radius 3 is 2.63 bits per heavy atom. The fourth-order valence-corrected chi connectivity index (χ4v) is 2.41. The molecule has 0 atom stereocenters. The quantitative estimate of drug-likeness (QED) is 0.936. The highest BCUT2D eigenvalue weighted by Crippen LogP contribution is 2.19. The molecule has 2 aromatic rings. The van der Waals surface area contributed by atoms with E-state index in [4.69, 9.17) is 5.73 Å². The predicted molar refractivity (Wildman–Crippen MR) is 81.9 cm³/mol. The highest BCUT2D eigenvalue weighted by Gasteiger charge is 2.07. The molecule has 3 nitrogen and oxygen atoms in total. The number of halogens is 1. The lowest BCUT2D eigenvalue weighted by atomic mass is 10.1. The van der Waals surface area contributed by atoms with Gasteiger partial charge in [0.2, 0.25) is 0 Å². The lowest BCUT2D eigenvalue weighted by Crippen LogP contribution is -2.06. The molecule has 0 aliphatic carbocycles. The predicted octanol–water partition coefficient (Wildman–Crippen LogP) is 3.61. The van der Waals surface area contributed by atoms with Crippen LogP contribution in [0.3, 0.4) is 0 Å². The summed E-state index contributed by atoms with van der Waals surface area (Å²) in [5.41, 5.74) is 8.05. The summed E-state index contributed by atoms with van der Waals surface area (Å²) < 4.78 is 1.08. The zero-order valence-corrected chi connectivity index (χ0v) is 12.8. The van der Waals surface area contributed by atoms with Crippen molar-refractivity contribution in [3.05, 3.63) is 51.9 Å². The second kappa shape index (κ2) is 6.15. The summed E-state index contributed by atoms with van der Waals surface area (Å²) in [4.78, 5) is 8.92. The topological polar surface area (TPSA) is 51.8 Å². The third-order valence-electron chi connectivity index (χ3n) is 2.77. The second-order valence-corrected chi connectivity index (χ2v) is 5.92. The Labute approximate surface area is 122 Å². The van der Waals surface area contributed by atoms with E-state index in [2.05, 4.69) is 45.8 Å².